The summed E-state index contributed by atoms with van der Waals surface area (Å²) in [5.74, 6) is 0.663. The molecular formula is C24H31NO4. The summed E-state index contributed by atoms with van der Waals surface area (Å²) >= 11 is 0. The summed E-state index contributed by atoms with van der Waals surface area (Å²) in [4.78, 5) is 4.22. The normalized spacial score (nSPS) is 12.7. The number of rotatable bonds is 12. The molecule has 2 rings (SSSR count). The Labute approximate surface area is 173 Å². The van der Waals surface area contributed by atoms with Crippen molar-refractivity contribution in [2.75, 3.05) is 13.2 Å². The molecule has 0 radical (unpaired) electrons. The van der Waals surface area contributed by atoms with Crippen LogP contribution >= 0.6 is 0 Å². The first-order valence-electron chi connectivity index (χ1n) is 10.2. The third-order valence-electron chi connectivity index (χ3n) is 4.57. The van der Waals surface area contributed by atoms with Gasteiger partial charge in [0.15, 0.2) is 0 Å². The molecule has 0 aliphatic rings. The van der Waals surface area contributed by atoms with Crippen molar-refractivity contribution in [2.45, 2.75) is 51.2 Å². The van der Waals surface area contributed by atoms with E-state index in [1.165, 1.54) is 0 Å². The molecule has 0 saturated heterocycles. The number of nitrogens with zero attached hydrogens (tertiary/aromatic N) is 1. The molecule has 0 spiro atoms. The van der Waals surface area contributed by atoms with Crippen molar-refractivity contribution >= 4 is 0 Å². The summed E-state index contributed by atoms with van der Waals surface area (Å²) in [5.41, 5.74) is 5.77. The summed E-state index contributed by atoms with van der Waals surface area (Å²) in [6, 6.07) is 12.7. The maximum Gasteiger partial charge on any atom is 0.119 e. The maximum absolute atomic E-state index is 10.5. The number of aliphatic hydroxyl groups excluding tert-OH is 3. The Kier molecular flexibility index (Phi) is 10.2. The number of hydrogen-bond acceptors (Lipinski definition) is 5. The number of hydrogen-bond donors (Lipinski definition) is 3. The van der Waals surface area contributed by atoms with Crippen LogP contribution in [-0.2, 0) is 0 Å². The van der Waals surface area contributed by atoms with E-state index in [-0.39, 0.29) is 13.2 Å². The first-order valence-corrected chi connectivity index (χ1v) is 10.2. The smallest absolute Gasteiger partial charge is 0.119 e. The van der Waals surface area contributed by atoms with E-state index < -0.39 is 12.2 Å². The van der Waals surface area contributed by atoms with Gasteiger partial charge in [0.1, 0.15) is 18.5 Å². The van der Waals surface area contributed by atoms with Crippen molar-refractivity contribution in [3.05, 3.63) is 77.3 Å². The van der Waals surface area contributed by atoms with Gasteiger partial charge in [-0.3, -0.25) is 4.98 Å². The maximum atomic E-state index is 10.5. The zero-order valence-corrected chi connectivity index (χ0v) is 17.0. The molecule has 156 valence electrons. The summed E-state index contributed by atoms with van der Waals surface area (Å²) in [7, 11) is 0. The summed E-state index contributed by atoms with van der Waals surface area (Å²) in [5, 5.41) is 29.7. The highest BCUT2D eigenvalue weighted by Crippen LogP contribution is 2.23. The van der Waals surface area contributed by atoms with Gasteiger partial charge in [0.25, 0.3) is 0 Å². The molecule has 1 heterocycles. The molecule has 0 aliphatic carbocycles. The van der Waals surface area contributed by atoms with E-state index in [0.29, 0.717) is 24.3 Å². The molecular weight excluding hydrogens is 366 g/mol. The lowest BCUT2D eigenvalue weighted by Gasteiger charge is -2.12. The number of pyridine rings is 1. The number of unbranched alkanes of at least 4 members (excludes halogenated alkanes) is 1. The topological polar surface area (TPSA) is 82.8 Å². The van der Waals surface area contributed by atoms with Gasteiger partial charge in [-0.15, -0.1) is 5.73 Å². The van der Waals surface area contributed by atoms with Crippen LogP contribution in [0.1, 0.15) is 62.5 Å². The Morgan fingerprint density at radius 3 is 2.59 bits per heavy atom. The van der Waals surface area contributed by atoms with Crippen molar-refractivity contribution in [3.8, 4) is 5.75 Å². The molecule has 1 aromatic carbocycles. The lowest BCUT2D eigenvalue weighted by Crippen LogP contribution is -2.02. The minimum atomic E-state index is -0.652. The van der Waals surface area contributed by atoms with Crippen LogP contribution in [0.5, 0.6) is 5.75 Å². The molecule has 0 aliphatic heterocycles. The van der Waals surface area contributed by atoms with Crippen LogP contribution in [0, 0.1) is 0 Å². The lowest BCUT2D eigenvalue weighted by molar-refractivity contribution is 0.172. The highest BCUT2D eigenvalue weighted by Gasteiger charge is 2.11. The van der Waals surface area contributed by atoms with E-state index in [9.17, 15) is 10.2 Å². The third kappa shape index (κ3) is 8.22. The van der Waals surface area contributed by atoms with Crippen LogP contribution in [0.15, 0.2) is 66.0 Å². The Balaban J connectivity index is 1.99. The minimum absolute atomic E-state index is 0.0309. The highest BCUT2D eigenvalue weighted by atomic mass is 16.5. The van der Waals surface area contributed by atoms with Crippen LogP contribution in [-0.4, -0.2) is 33.5 Å². The zero-order chi connectivity index (χ0) is 20.9. The van der Waals surface area contributed by atoms with Crippen LogP contribution in [0.4, 0.5) is 0 Å². The third-order valence-corrected chi connectivity index (χ3v) is 4.57. The molecule has 0 bridgehead atoms. The largest absolute Gasteiger partial charge is 0.491 e. The first kappa shape index (κ1) is 22.9. The van der Waals surface area contributed by atoms with Gasteiger partial charge in [-0.2, -0.15) is 0 Å². The molecule has 0 fully saturated rings. The number of aromatic nitrogens is 1. The van der Waals surface area contributed by atoms with E-state index in [2.05, 4.69) is 17.6 Å². The Hall–Kier alpha value is -2.43. The Morgan fingerprint density at radius 1 is 1.14 bits per heavy atom. The molecule has 0 amide bonds. The van der Waals surface area contributed by atoms with Gasteiger partial charge in [-0.1, -0.05) is 31.5 Å². The monoisotopic (exact) mass is 397 g/mol. The van der Waals surface area contributed by atoms with Gasteiger partial charge in [-0.25, -0.2) is 0 Å². The van der Waals surface area contributed by atoms with Crippen molar-refractivity contribution in [1.82, 2.24) is 4.98 Å². The van der Waals surface area contributed by atoms with Gasteiger partial charge in [-0.05, 0) is 54.3 Å². The van der Waals surface area contributed by atoms with Gasteiger partial charge in [0, 0.05) is 19.0 Å². The second-order valence-electron chi connectivity index (χ2n) is 6.92. The second-order valence-corrected chi connectivity index (χ2v) is 6.92. The van der Waals surface area contributed by atoms with E-state index in [0.717, 1.165) is 30.4 Å². The number of benzene rings is 1. The number of ether oxygens (including phenoxy) is 1. The van der Waals surface area contributed by atoms with Crippen molar-refractivity contribution < 1.29 is 20.1 Å². The Bertz CT molecular complexity index is 767. The van der Waals surface area contributed by atoms with Gasteiger partial charge in [0.2, 0.25) is 0 Å². The molecule has 29 heavy (non-hydrogen) atoms. The molecule has 0 unspecified atom stereocenters. The molecule has 2 aromatic rings. The van der Waals surface area contributed by atoms with Gasteiger partial charge >= 0.3 is 0 Å². The van der Waals surface area contributed by atoms with Crippen molar-refractivity contribution in [1.29, 1.82) is 0 Å². The minimum Gasteiger partial charge on any atom is -0.491 e. The quantitative estimate of drug-likeness (QED) is 0.466. The predicted octanol–water partition coefficient (Wildman–Crippen LogP) is 4.27. The van der Waals surface area contributed by atoms with E-state index in [4.69, 9.17) is 9.84 Å². The fourth-order valence-electron chi connectivity index (χ4n) is 2.94. The first-order chi connectivity index (χ1) is 14.1. The summed E-state index contributed by atoms with van der Waals surface area (Å²) in [6.07, 6.45) is 6.12. The average Bonchev–Trinajstić information content (AvgIpc) is 2.76. The zero-order valence-electron chi connectivity index (χ0n) is 17.0. The standard InChI is InChI=1S/C24H31NO4/c1-2-3-7-19(18-24(28)22-9-4-5-15-25-22)8-6-10-23(27)20-11-13-21(14-12-20)29-17-16-26/h4-6,9,11-15,23-24,26-28H,2-3,7,10,16-18H2,1H3/t8?,23-,24-/m0/s1. The van der Waals surface area contributed by atoms with E-state index in [1.807, 2.05) is 36.4 Å². The molecule has 2 atom stereocenters. The van der Waals surface area contributed by atoms with Gasteiger partial charge < -0.3 is 20.1 Å². The van der Waals surface area contributed by atoms with Crippen molar-refractivity contribution in [2.24, 2.45) is 0 Å². The number of aliphatic hydroxyl groups is 3. The molecule has 0 saturated carbocycles. The van der Waals surface area contributed by atoms with E-state index >= 15 is 0 Å². The highest BCUT2D eigenvalue weighted by molar-refractivity contribution is 5.28. The Morgan fingerprint density at radius 2 is 1.93 bits per heavy atom. The van der Waals surface area contributed by atoms with Crippen LogP contribution in [0.3, 0.4) is 0 Å². The van der Waals surface area contributed by atoms with Crippen LogP contribution in [0.25, 0.3) is 0 Å². The SMILES string of the molecule is CCCCC(=C=CC[C@H](O)c1ccc(OCCO)cc1)C[C@H](O)c1ccccn1. The van der Waals surface area contributed by atoms with Gasteiger partial charge in [0.05, 0.1) is 18.4 Å². The lowest BCUT2D eigenvalue weighted by atomic mass is 10.0. The molecule has 3 N–H and O–H groups in total. The summed E-state index contributed by atoms with van der Waals surface area (Å²) < 4.78 is 5.33. The molecule has 5 heteroatoms. The molecule has 1 aromatic heterocycles. The predicted molar refractivity (Wildman–Crippen MR) is 114 cm³/mol. The van der Waals surface area contributed by atoms with Crippen LogP contribution < -0.4 is 4.74 Å². The fourth-order valence-corrected chi connectivity index (χ4v) is 2.94. The average molecular weight is 398 g/mol. The summed E-state index contributed by atoms with van der Waals surface area (Å²) in [6.45, 7) is 2.35. The second kappa shape index (κ2) is 12.9. The molecule has 5 nitrogen and oxygen atoms in total. The van der Waals surface area contributed by atoms with Crippen LogP contribution in [0.2, 0.25) is 0 Å². The van der Waals surface area contributed by atoms with E-state index in [1.54, 1.807) is 18.3 Å². The fraction of sp³-hybridized carbons (Fsp3) is 0.417. The van der Waals surface area contributed by atoms with Crippen molar-refractivity contribution in [3.63, 3.8) is 0 Å².